The Morgan fingerprint density at radius 3 is 2.43 bits per heavy atom. The molecule has 0 aliphatic carbocycles. The summed E-state index contributed by atoms with van der Waals surface area (Å²) in [5.74, 6) is 0.968. The molecule has 0 radical (unpaired) electrons. The number of hydrogen-bond donors (Lipinski definition) is 1. The summed E-state index contributed by atoms with van der Waals surface area (Å²) in [4.78, 5) is 12.2. The van der Waals surface area contributed by atoms with E-state index in [1.165, 1.54) is 0 Å². The maximum atomic E-state index is 12.2. The van der Waals surface area contributed by atoms with Crippen molar-refractivity contribution in [1.29, 1.82) is 0 Å². The second-order valence-electron chi connectivity index (χ2n) is 5.22. The van der Waals surface area contributed by atoms with E-state index in [2.05, 4.69) is 5.32 Å². The van der Waals surface area contributed by atoms with Crippen molar-refractivity contribution in [3.8, 4) is 5.75 Å². The zero-order valence-corrected chi connectivity index (χ0v) is 13.1. The number of carbonyl (C=O) groups is 1. The predicted octanol–water partition coefficient (Wildman–Crippen LogP) is 2.62. The van der Waals surface area contributed by atoms with Gasteiger partial charge in [0.05, 0.1) is 13.7 Å². The zero-order chi connectivity index (χ0) is 15.4. The topological polar surface area (TPSA) is 43.3 Å². The van der Waals surface area contributed by atoms with Crippen LogP contribution in [0, 0.1) is 13.8 Å². The molecule has 0 spiro atoms. The summed E-state index contributed by atoms with van der Waals surface area (Å²) in [6, 6.07) is 9.78. The molecule has 2 aromatic rings. The molecule has 0 bridgehead atoms. The van der Waals surface area contributed by atoms with Gasteiger partial charge < -0.3 is 14.6 Å². The number of methoxy groups -OCH3 is 1. The monoisotopic (exact) mass is 286 g/mol. The summed E-state index contributed by atoms with van der Waals surface area (Å²) in [5.41, 5.74) is 4.05. The Hall–Kier alpha value is -2.07. The standard InChI is InChI=1S/C17H22N2O2/c1-12-9-16(13(2)19(12)3)17(20)11-18-10-14-5-7-15(21-4)8-6-14/h5-9,18H,10-11H2,1-4H3. The maximum Gasteiger partial charge on any atom is 0.178 e. The molecule has 0 atom stereocenters. The highest BCUT2D eigenvalue weighted by Gasteiger charge is 2.13. The number of ketones is 1. The van der Waals surface area contributed by atoms with Crippen LogP contribution < -0.4 is 10.1 Å². The fraction of sp³-hybridized carbons (Fsp3) is 0.353. The Labute approximate surface area is 125 Å². The van der Waals surface area contributed by atoms with E-state index in [1.807, 2.05) is 55.8 Å². The first kappa shape index (κ1) is 15.3. The molecule has 4 nitrogen and oxygen atoms in total. The summed E-state index contributed by atoms with van der Waals surface area (Å²) >= 11 is 0. The largest absolute Gasteiger partial charge is 0.497 e. The van der Waals surface area contributed by atoms with Crippen molar-refractivity contribution in [2.24, 2.45) is 7.05 Å². The molecule has 1 N–H and O–H groups in total. The van der Waals surface area contributed by atoms with E-state index in [0.717, 1.165) is 28.3 Å². The van der Waals surface area contributed by atoms with E-state index >= 15 is 0 Å². The number of ether oxygens (including phenoxy) is 1. The van der Waals surface area contributed by atoms with Crippen LogP contribution in [0.25, 0.3) is 0 Å². The number of benzene rings is 1. The molecule has 0 fully saturated rings. The van der Waals surface area contributed by atoms with Crippen LogP contribution in [0.2, 0.25) is 0 Å². The van der Waals surface area contributed by atoms with Crippen molar-refractivity contribution in [2.45, 2.75) is 20.4 Å². The van der Waals surface area contributed by atoms with Gasteiger partial charge in [-0.05, 0) is 37.6 Å². The number of carbonyl (C=O) groups excluding carboxylic acids is 1. The average molecular weight is 286 g/mol. The lowest BCUT2D eigenvalue weighted by atomic mass is 10.1. The molecule has 21 heavy (non-hydrogen) atoms. The van der Waals surface area contributed by atoms with E-state index in [4.69, 9.17) is 4.74 Å². The first-order valence-electron chi connectivity index (χ1n) is 7.02. The highest BCUT2D eigenvalue weighted by Crippen LogP contribution is 2.14. The van der Waals surface area contributed by atoms with Crippen molar-refractivity contribution in [3.05, 3.63) is 52.8 Å². The summed E-state index contributed by atoms with van der Waals surface area (Å²) in [6.45, 7) is 5.00. The van der Waals surface area contributed by atoms with Crippen LogP contribution in [0.4, 0.5) is 0 Å². The Balaban J connectivity index is 1.90. The molecule has 1 aromatic carbocycles. The lowest BCUT2D eigenvalue weighted by Gasteiger charge is -2.06. The molecule has 0 saturated carbocycles. The lowest BCUT2D eigenvalue weighted by Crippen LogP contribution is -2.23. The Kier molecular flexibility index (Phi) is 4.81. The van der Waals surface area contributed by atoms with Crippen LogP contribution >= 0.6 is 0 Å². The van der Waals surface area contributed by atoms with Crippen molar-refractivity contribution in [1.82, 2.24) is 9.88 Å². The number of aromatic nitrogens is 1. The van der Waals surface area contributed by atoms with Crippen LogP contribution in [0.3, 0.4) is 0 Å². The molecule has 2 rings (SSSR count). The summed E-state index contributed by atoms with van der Waals surface area (Å²) in [5, 5.41) is 3.19. The van der Waals surface area contributed by atoms with E-state index in [9.17, 15) is 4.79 Å². The number of Topliss-reactive ketones (excluding diaryl/α,β-unsaturated/α-hetero) is 1. The summed E-state index contributed by atoms with van der Waals surface area (Å²) in [6.07, 6.45) is 0. The summed E-state index contributed by atoms with van der Waals surface area (Å²) in [7, 11) is 3.63. The van der Waals surface area contributed by atoms with Crippen LogP contribution in [0.5, 0.6) is 5.75 Å². The molecular formula is C17H22N2O2. The van der Waals surface area contributed by atoms with E-state index < -0.39 is 0 Å². The Morgan fingerprint density at radius 2 is 1.90 bits per heavy atom. The van der Waals surface area contributed by atoms with Crippen molar-refractivity contribution >= 4 is 5.78 Å². The minimum absolute atomic E-state index is 0.129. The number of rotatable bonds is 6. The molecule has 112 valence electrons. The SMILES string of the molecule is COc1ccc(CNCC(=O)c2cc(C)n(C)c2C)cc1. The maximum absolute atomic E-state index is 12.2. The zero-order valence-electron chi connectivity index (χ0n) is 13.1. The van der Waals surface area contributed by atoms with Gasteiger partial charge in [0.2, 0.25) is 0 Å². The fourth-order valence-corrected chi connectivity index (χ4v) is 2.30. The molecule has 1 heterocycles. The normalized spacial score (nSPS) is 10.7. The average Bonchev–Trinajstić information content (AvgIpc) is 2.75. The quantitative estimate of drug-likeness (QED) is 0.830. The molecule has 0 aliphatic rings. The van der Waals surface area contributed by atoms with Gasteiger partial charge in [-0.15, -0.1) is 0 Å². The minimum Gasteiger partial charge on any atom is -0.497 e. The van der Waals surface area contributed by atoms with Gasteiger partial charge in [-0.2, -0.15) is 0 Å². The summed E-state index contributed by atoms with van der Waals surface area (Å²) < 4.78 is 7.16. The van der Waals surface area contributed by atoms with Gasteiger partial charge in [0, 0.05) is 30.5 Å². The van der Waals surface area contributed by atoms with Crippen molar-refractivity contribution in [3.63, 3.8) is 0 Å². The minimum atomic E-state index is 0.129. The highest BCUT2D eigenvalue weighted by molar-refractivity contribution is 5.99. The fourth-order valence-electron chi connectivity index (χ4n) is 2.30. The van der Waals surface area contributed by atoms with Gasteiger partial charge >= 0.3 is 0 Å². The lowest BCUT2D eigenvalue weighted by molar-refractivity contribution is 0.0990. The third-order valence-corrected chi connectivity index (χ3v) is 3.85. The second kappa shape index (κ2) is 6.59. The van der Waals surface area contributed by atoms with Crippen LogP contribution in [-0.2, 0) is 13.6 Å². The van der Waals surface area contributed by atoms with Gasteiger partial charge in [-0.25, -0.2) is 0 Å². The van der Waals surface area contributed by atoms with Gasteiger partial charge in [0.1, 0.15) is 5.75 Å². The second-order valence-corrected chi connectivity index (χ2v) is 5.22. The molecule has 0 unspecified atom stereocenters. The number of hydrogen-bond acceptors (Lipinski definition) is 3. The molecular weight excluding hydrogens is 264 g/mol. The van der Waals surface area contributed by atoms with Gasteiger partial charge in [0.25, 0.3) is 0 Å². The third kappa shape index (κ3) is 3.52. The van der Waals surface area contributed by atoms with E-state index in [-0.39, 0.29) is 5.78 Å². The highest BCUT2D eigenvalue weighted by atomic mass is 16.5. The van der Waals surface area contributed by atoms with Gasteiger partial charge in [0.15, 0.2) is 5.78 Å². The molecule has 0 aliphatic heterocycles. The van der Waals surface area contributed by atoms with Crippen molar-refractivity contribution in [2.75, 3.05) is 13.7 Å². The Bertz CT molecular complexity index is 627. The smallest absolute Gasteiger partial charge is 0.178 e. The Morgan fingerprint density at radius 1 is 1.24 bits per heavy atom. The van der Waals surface area contributed by atoms with Gasteiger partial charge in [-0.3, -0.25) is 4.79 Å². The first-order chi connectivity index (χ1) is 10.0. The number of nitrogens with one attached hydrogen (secondary N) is 1. The number of nitrogens with zero attached hydrogens (tertiary/aromatic N) is 1. The van der Waals surface area contributed by atoms with E-state index in [0.29, 0.717) is 13.1 Å². The molecule has 1 aromatic heterocycles. The van der Waals surface area contributed by atoms with Crippen LogP contribution in [-0.4, -0.2) is 24.0 Å². The molecule has 4 heteroatoms. The molecule has 0 saturated heterocycles. The first-order valence-corrected chi connectivity index (χ1v) is 7.02. The predicted molar refractivity (Wildman–Crippen MR) is 83.9 cm³/mol. The molecule has 0 amide bonds. The van der Waals surface area contributed by atoms with Crippen LogP contribution in [0.1, 0.15) is 27.3 Å². The van der Waals surface area contributed by atoms with Crippen molar-refractivity contribution < 1.29 is 9.53 Å². The van der Waals surface area contributed by atoms with E-state index in [1.54, 1.807) is 7.11 Å². The third-order valence-electron chi connectivity index (χ3n) is 3.85. The van der Waals surface area contributed by atoms with Gasteiger partial charge in [-0.1, -0.05) is 12.1 Å². The van der Waals surface area contributed by atoms with Crippen LogP contribution in [0.15, 0.2) is 30.3 Å². The number of aryl methyl sites for hydroxylation is 1.